The first kappa shape index (κ1) is 16.9. The van der Waals surface area contributed by atoms with Crippen molar-refractivity contribution < 1.29 is 19.4 Å². The molecule has 134 valence electrons. The van der Waals surface area contributed by atoms with Gasteiger partial charge in [0.25, 0.3) is 0 Å². The summed E-state index contributed by atoms with van der Waals surface area (Å²) in [6.07, 6.45) is -0.326. The zero-order valence-electron chi connectivity index (χ0n) is 14.5. The first-order chi connectivity index (χ1) is 13.3. The fourth-order valence-corrected chi connectivity index (χ4v) is 3.35. The molecule has 4 heteroatoms. The first-order valence-electron chi connectivity index (χ1n) is 8.68. The average molecular weight is 358 g/mol. The Morgan fingerprint density at radius 3 is 2.00 bits per heavy atom. The highest BCUT2D eigenvalue weighted by Gasteiger charge is 2.31. The van der Waals surface area contributed by atoms with Gasteiger partial charge in [0.2, 0.25) is 0 Å². The minimum absolute atomic E-state index is 0.0740. The van der Waals surface area contributed by atoms with Crippen molar-refractivity contribution in [3.8, 4) is 11.1 Å². The second-order valence-corrected chi connectivity index (χ2v) is 6.23. The SMILES string of the molecule is O=C(OCC(=CO)c1ccccc1)OC1c2ccccc2-c2ccccc21. The van der Waals surface area contributed by atoms with Crippen LogP contribution in [0, 0.1) is 0 Å². The number of benzene rings is 3. The van der Waals surface area contributed by atoms with Crippen molar-refractivity contribution in [2.75, 3.05) is 6.61 Å². The fourth-order valence-electron chi connectivity index (χ4n) is 3.35. The minimum atomic E-state index is -0.776. The predicted octanol–water partition coefficient (Wildman–Crippen LogP) is 5.51. The van der Waals surface area contributed by atoms with Crippen molar-refractivity contribution in [2.24, 2.45) is 0 Å². The number of ether oxygens (including phenoxy) is 2. The van der Waals surface area contributed by atoms with Gasteiger partial charge in [-0.3, -0.25) is 0 Å². The quantitative estimate of drug-likeness (QED) is 0.494. The largest absolute Gasteiger partial charge is 0.515 e. The van der Waals surface area contributed by atoms with E-state index < -0.39 is 12.3 Å². The lowest BCUT2D eigenvalue weighted by Gasteiger charge is -2.15. The summed E-state index contributed by atoms with van der Waals surface area (Å²) in [4.78, 5) is 12.3. The molecule has 0 atom stereocenters. The van der Waals surface area contributed by atoms with Crippen LogP contribution in [-0.2, 0) is 9.47 Å². The summed E-state index contributed by atoms with van der Waals surface area (Å²) >= 11 is 0. The van der Waals surface area contributed by atoms with Gasteiger partial charge in [-0.2, -0.15) is 0 Å². The van der Waals surface area contributed by atoms with E-state index in [1.165, 1.54) is 0 Å². The highest BCUT2D eigenvalue weighted by atomic mass is 16.7. The Bertz CT molecular complexity index is 947. The number of carbonyl (C=O) groups is 1. The monoisotopic (exact) mass is 358 g/mol. The highest BCUT2D eigenvalue weighted by molar-refractivity contribution is 5.79. The van der Waals surface area contributed by atoms with Crippen molar-refractivity contribution in [1.29, 1.82) is 0 Å². The maximum Gasteiger partial charge on any atom is 0.509 e. The van der Waals surface area contributed by atoms with Gasteiger partial charge in [-0.1, -0.05) is 78.9 Å². The molecule has 0 heterocycles. The van der Waals surface area contributed by atoms with E-state index in [0.717, 1.165) is 34.1 Å². The van der Waals surface area contributed by atoms with Crippen LogP contribution in [0.1, 0.15) is 22.8 Å². The Balaban J connectivity index is 1.49. The number of carbonyl (C=O) groups excluding carboxylic acids is 1. The fraction of sp³-hybridized carbons (Fsp3) is 0.0870. The molecule has 3 aromatic carbocycles. The van der Waals surface area contributed by atoms with Gasteiger partial charge < -0.3 is 14.6 Å². The van der Waals surface area contributed by atoms with E-state index in [1.54, 1.807) is 0 Å². The first-order valence-corrected chi connectivity index (χ1v) is 8.68. The third-order valence-corrected chi connectivity index (χ3v) is 4.64. The Kier molecular flexibility index (Phi) is 4.62. The van der Waals surface area contributed by atoms with Gasteiger partial charge in [-0.15, -0.1) is 0 Å². The van der Waals surface area contributed by atoms with Gasteiger partial charge in [-0.25, -0.2) is 4.79 Å². The zero-order chi connectivity index (χ0) is 18.6. The van der Waals surface area contributed by atoms with E-state index in [9.17, 15) is 9.90 Å². The molecule has 0 unspecified atom stereocenters. The molecule has 0 saturated heterocycles. The van der Waals surface area contributed by atoms with Crippen LogP contribution in [0.3, 0.4) is 0 Å². The van der Waals surface area contributed by atoms with Crippen LogP contribution in [0.4, 0.5) is 4.79 Å². The van der Waals surface area contributed by atoms with Gasteiger partial charge in [0, 0.05) is 16.7 Å². The normalized spacial score (nSPS) is 13.0. The topological polar surface area (TPSA) is 55.8 Å². The molecule has 1 aliphatic rings. The van der Waals surface area contributed by atoms with Crippen LogP contribution < -0.4 is 0 Å². The third-order valence-electron chi connectivity index (χ3n) is 4.64. The number of hydrogen-bond donors (Lipinski definition) is 1. The van der Waals surface area contributed by atoms with E-state index in [1.807, 2.05) is 78.9 Å². The highest BCUT2D eigenvalue weighted by Crippen LogP contribution is 2.45. The summed E-state index contributed by atoms with van der Waals surface area (Å²) in [6.45, 7) is -0.0740. The molecule has 3 aromatic rings. The van der Waals surface area contributed by atoms with Crippen LogP contribution in [0.25, 0.3) is 16.7 Å². The number of aliphatic hydroxyl groups excluding tert-OH is 1. The van der Waals surface area contributed by atoms with Gasteiger partial charge in [-0.05, 0) is 16.7 Å². The van der Waals surface area contributed by atoms with Gasteiger partial charge >= 0.3 is 6.16 Å². The molecule has 0 amide bonds. The van der Waals surface area contributed by atoms with Gasteiger partial charge in [0.1, 0.15) is 6.61 Å². The van der Waals surface area contributed by atoms with E-state index in [4.69, 9.17) is 9.47 Å². The molecule has 0 radical (unpaired) electrons. The number of hydrogen-bond acceptors (Lipinski definition) is 4. The summed E-state index contributed by atoms with van der Waals surface area (Å²) in [5.41, 5.74) is 5.29. The van der Waals surface area contributed by atoms with E-state index in [-0.39, 0.29) is 6.61 Å². The molecular weight excluding hydrogens is 340 g/mol. The van der Waals surface area contributed by atoms with Crippen molar-refractivity contribution in [3.63, 3.8) is 0 Å². The molecule has 1 aliphatic carbocycles. The lowest BCUT2D eigenvalue weighted by Crippen LogP contribution is -2.13. The summed E-state index contributed by atoms with van der Waals surface area (Å²) < 4.78 is 10.9. The molecule has 0 aromatic heterocycles. The van der Waals surface area contributed by atoms with Crippen LogP contribution in [0.15, 0.2) is 85.1 Å². The molecular formula is C23H18O4. The van der Waals surface area contributed by atoms with Gasteiger partial charge in [0.15, 0.2) is 6.10 Å². The van der Waals surface area contributed by atoms with Crippen molar-refractivity contribution in [3.05, 3.63) is 102 Å². The van der Waals surface area contributed by atoms with E-state index in [2.05, 4.69) is 0 Å². The van der Waals surface area contributed by atoms with Crippen LogP contribution in [0.2, 0.25) is 0 Å². The van der Waals surface area contributed by atoms with Crippen LogP contribution >= 0.6 is 0 Å². The maximum atomic E-state index is 12.3. The van der Waals surface area contributed by atoms with Crippen LogP contribution in [-0.4, -0.2) is 17.9 Å². The minimum Gasteiger partial charge on any atom is -0.515 e. The molecule has 27 heavy (non-hydrogen) atoms. The lowest BCUT2D eigenvalue weighted by atomic mass is 10.1. The Morgan fingerprint density at radius 2 is 1.41 bits per heavy atom. The molecule has 4 nitrogen and oxygen atoms in total. The van der Waals surface area contributed by atoms with Crippen molar-refractivity contribution in [2.45, 2.75) is 6.10 Å². The second kappa shape index (κ2) is 7.38. The zero-order valence-corrected chi connectivity index (χ0v) is 14.5. The smallest absolute Gasteiger partial charge is 0.509 e. The molecule has 0 spiro atoms. The Morgan fingerprint density at radius 1 is 0.852 bits per heavy atom. The molecule has 0 aliphatic heterocycles. The lowest BCUT2D eigenvalue weighted by molar-refractivity contribution is 0.0438. The molecule has 0 fully saturated rings. The summed E-state index contributed by atoms with van der Waals surface area (Å²) in [5.74, 6) is 0. The molecule has 4 rings (SSSR count). The standard InChI is InChI=1S/C23H18O4/c24-14-17(16-8-2-1-3-9-16)15-26-23(25)27-22-20-12-6-4-10-18(20)19-11-5-7-13-21(19)22/h1-14,22,24H,15H2. The predicted molar refractivity (Wildman–Crippen MR) is 103 cm³/mol. The maximum absolute atomic E-state index is 12.3. The Hall–Kier alpha value is -3.53. The molecule has 0 bridgehead atoms. The molecule has 0 saturated carbocycles. The number of aliphatic hydroxyl groups is 1. The van der Waals surface area contributed by atoms with E-state index in [0.29, 0.717) is 5.57 Å². The number of rotatable bonds is 4. The third kappa shape index (κ3) is 3.29. The van der Waals surface area contributed by atoms with Crippen LogP contribution in [0.5, 0.6) is 0 Å². The summed E-state index contributed by atoms with van der Waals surface area (Å²) in [5, 5.41) is 9.44. The second-order valence-electron chi connectivity index (χ2n) is 6.23. The summed E-state index contributed by atoms with van der Waals surface area (Å²) in [6, 6.07) is 25.0. The Labute approximate surface area is 157 Å². The number of fused-ring (bicyclic) bond motifs is 3. The average Bonchev–Trinajstić information content (AvgIpc) is 3.03. The van der Waals surface area contributed by atoms with Gasteiger partial charge in [0.05, 0.1) is 6.26 Å². The molecule has 1 N–H and O–H groups in total. The van der Waals surface area contributed by atoms with Crippen molar-refractivity contribution in [1.82, 2.24) is 0 Å². The van der Waals surface area contributed by atoms with Crippen molar-refractivity contribution >= 4 is 11.7 Å². The summed E-state index contributed by atoms with van der Waals surface area (Å²) in [7, 11) is 0. The van der Waals surface area contributed by atoms with E-state index >= 15 is 0 Å².